The summed E-state index contributed by atoms with van der Waals surface area (Å²) in [7, 11) is 2.05. The first-order valence-corrected chi connectivity index (χ1v) is 6.15. The van der Waals surface area contributed by atoms with Gasteiger partial charge < -0.3 is 10.1 Å². The number of rotatable bonds is 3. The van der Waals surface area contributed by atoms with Gasteiger partial charge in [-0.2, -0.15) is 0 Å². The van der Waals surface area contributed by atoms with Gasteiger partial charge in [0.25, 0.3) is 0 Å². The van der Waals surface area contributed by atoms with Crippen molar-refractivity contribution < 1.29 is 4.74 Å². The molecule has 2 aliphatic rings. The molecule has 3 heteroatoms. The molecule has 3 nitrogen and oxygen atoms in total. The topological polar surface area (TPSA) is 24.5 Å². The van der Waals surface area contributed by atoms with E-state index in [4.69, 9.17) is 4.74 Å². The summed E-state index contributed by atoms with van der Waals surface area (Å²) in [5.41, 5.74) is 0.0536. The molecule has 2 unspecified atom stereocenters. The van der Waals surface area contributed by atoms with E-state index in [-0.39, 0.29) is 5.60 Å². The Kier molecular flexibility index (Phi) is 3.33. The summed E-state index contributed by atoms with van der Waals surface area (Å²) in [6, 6.07) is 0.806. The predicted molar refractivity (Wildman–Crippen MR) is 62.0 cm³/mol. The van der Waals surface area contributed by atoms with Crippen molar-refractivity contribution in [3.8, 4) is 0 Å². The van der Waals surface area contributed by atoms with Gasteiger partial charge in [-0.25, -0.2) is 0 Å². The molecule has 1 saturated heterocycles. The minimum absolute atomic E-state index is 0.0536. The molecule has 88 valence electrons. The average Bonchev–Trinajstić information content (AvgIpc) is 2.11. The highest BCUT2D eigenvalue weighted by Gasteiger charge is 2.39. The molecule has 0 aromatic rings. The molecule has 2 fully saturated rings. The van der Waals surface area contributed by atoms with Crippen LogP contribution in [-0.2, 0) is 4.74 Å². The number of nitrogens with one attached hydrogen (secondary N) is 1. The van der Waals surface area contributed by atoms with Crippen LogP contribution in [-0.4, -0.2) is 49.8 Å². The van der Waals surface area contributed by atoms with Gasteiger partial charge in [-0.05, 0) is 46.2 Å². The summed E-state index contributed by atoms with van der Waals surface area (Å²) < 4.78 is 5.75. The zero-order valence-corrected chi connectivity index (χ0v) is 10.3. The van der Waals surface area contributed by atoms with Crippen molar-refractivity contribution in [2.45, 2.75) is 38.3 Å². The Morgan fingerprint density at radius 1 is 1.40 bits per heavy atom. The molecule has 15 heavy (non-hydrogen) atoms. The molecule has 1 aliphatic heterocycles. The van der Waals surface area contributed by atoms with Crippen LogP contribution in [0.5, 0.6) is 0 Å². The minimum atomic E-state index is 0.0536. The largest absolute Gasteiger partial charge is 0.373 e. The van der Waals surface area contributed by atoms with Crippen LogP contribution in [0.25, 0.3) is 0 Å². The molecule has 1 heterocycles. The normalized spacial score (nSPS) is 36.2. The first-order chi connectivity index (χ1) is 7.12. The van der Waals surface area contributed by atoms with Gasteiger partial charge in [0, 0.05) is 19.1 Å². The van der Waals surface area contributed by atoms with Crippen LogP contribution in [0.1, 0.15) is 26.7 Å². The predicted octanol–water partition coefficient (Wildman–Crippen LogP) is 1.10. The van der Waals surface area contributed by atoms with Crippen molar-refractivity contribution in [1.82, 2.24) is 10.2 Å². The lowest BCUT2D eigenvalue weighted by molar-refractivity contribution is -0.114. The van der Waals surface area contributed by atoms with Crippen molar-refractivity contribution in [1.29, 1.82) is 0 Å². The standard InChI is InChI=1S/C12H24N2O/c1-12(2)9-14(6-7-15-12)11-5-4-10(11)8-13-3/h10-11,13H,4-9H2,1-3H3. The Morgan fingerprint density at radius 3 is 2.73 bits per heavy atom. The van der Waals surface area contributed by atoms with Gasteiger partial charge in [0.05, 0.1) is 12.2 Å². The Labute approximate surface area is 93.2 Å². The molecule has 2 atom stereocenters. The fourth-order valence-electron chi connectivity index (χ4n) is 2.87. The summed E-state index contributed by atoms with van der Waals surface area (Å²) in [6.07, 6.45) is 2.77. The van der Waals surface area contributed by atoms with E-state index in [1.165, 1.54) is 19.4 Å². The van der Waals surface area contributed by atoms with Gasteiger partial charge in [0.15, 0.2) is 0 Å². The van der Waals surface area contributed by atoms with Crippen LogP contribution in [0.15, 0.2) is 0 Å². The summed E-state index contributed by atoms with van der Waals surface area (Å²) in [5.74, 6) is 0.865. The molecule has 0 bridgehead atoms. The summed E-state index contributed by atoms with van der Waals surface area (Å²) >= 11 is 0. The molecule has 0 spiro atoms. The maximum absolute atomic E-state index is 5.75. The number of hydrogen-bond acceptors (Lipinski definition) is 3. The van der Waals surface area contributed by atoms with E-state index in [2.05, 4.69) is 31.1 Å². The van der Waals surface area contributed by atoms with Gasteiger partial charge >= 0.3 is 0 Å². The van der Waals surface area contributed by atoms with Gasteiger partial charge in [0.2, 0.25) is 0 Å². The Hall–Kier alpha value is -0.120. The highest BCUT2D eigenvalue weighted by atomic mass is 16.5. The number of nitrogens with zero attached hydrogens (tertiary/aromatic N) is 1. The Balaban J connectivity index is 1.88. The summed E-state index contributed by atoms with van der Waals surface area (Å²) in [4.78, 5) is 2.63. The molecule has 0 aromatic carbocycles. The minimum Gasteiger partial charge on any atom is -0.373 e. The van der Waals surface area contributed by atoms with Crippen LogP contribution >= 0.6 is 0 Å². The van der Waals surface area contributed by atoms with Crippen molar-refractivity contribution in [2.75, 3.05) is 33.3 Å². The van der Waals surface area contributed by atoms with Crippen molar-refractivity contribution in [3.63, 3.8) is 0 Å². The number of morpholine rings is 1. The molecular weight excluding hydrogens is 188 g/mol. The van der Waals surface area contributed by atoms with E-state index in [9.17, 15) is 0 Å². The van der Waals surface area contributed by atoms with Crippen LogP contribution in [0.2, 0.25) is 0 Å². The number of ether oxygens (including phenoxy) is 1. The highest BCUT2D eigenvalue weighted by Crippen LogP contribution is 2.33. The van der Waals surface area contributed by atoms with Crippen LogP contribution in [0, 0.1) is 5.92 Å². The zero-order valence-electron chi connectivity index (χ0n) is 10.3. The third-order valence-corrected chi connectivity index (χ3v) is 3.77. The van der Waals surface area contributed by atoms with Crippen LogP contribution in [0.3, 0.4) is 0 Å². The van der Waals surface area contributed by atoms with Gasteiger partial charge in [-0.3, -0.25) is 4.90 Å². The summed E-state index contributed by atoms with van der Waals surface area (Å²) in [5, 5.41) is 3.30. The lowest BCUT2D eigenvalue weighted by Crippen LogP contribution is -2.58. The highest BCUT2D eigenvalue weighted by molar-refractivity contribution is 4.93. The van der Waals surface area contributed by atoms with E-state index >= 15 is 0 Å². The first kappa shape index (κ1) is 11.4. The monoisotopic (exact) mass is 212 g/mol. The third-order valence-electron chi connectivity index (χ3n) is 3.77. The average molecular weight is 212 g/mol. The van der Waals surface area contributed by atoms with Crippen molar-refractivity contribution in [3.05, 3.63) is 0 Å². The van der Waals surface area contributed by atoms with Gasteiger partial charge in [0.1, 0.15) is 0 Å². The molecular formula is C12H24N2O. The van der Waals surface area contributed by atoms with E-state index < -0.39 is 0 Å². The number of hydrogen-bond donors (Lipinski definition) is 1. The molecule has 1 saturated carbocycles. The van der Waals surface area contributed by atoms with Crippen LogP contribution < -0.4 is 5.32 Å². The second kappa shape index (κ2) is 4.40. The maximum Gasteiger partial charge on any atom is 0.0753 e. The lowest BCUT2D eigenvalue weighted by Gasteiger charge is -2.49. The van der Waals surface area contributed by atoms with E-state index in [0.29, 0.717) is 0 Å². The second-order valence-electron chi connectivity index (χ2n) is 5.54. The van der Waals surface area contributed by atoms with Gasteiger partial charge in [-0.1, -0.05) is 0 Å². The second-order valence-corrected chi connectivity index (χ2v) is 5.54. The summed E-state index contributed by atoms with van der Waals surface area (Å²) in [6.45, 7) is 8.68. The molecule has 2 rings (SSSR count). The molecule has 0 amide bonds. The first-order valence-electron chi connectivity index (χ1n) is 6.15. The van der Waals surface area contributed by atoms with E-state index in [1.54, 1.807) is 0 Å². The van der Waals surface area contributed by atoms with Crippen molar-refractivity contribution in [2.24, 2.45) is 5.92 Å². The van der Waals surface area contributed by atoms with Crippen LogP contribution in [0.4, 0.5) is 0 Å². The fourth-order valence-corrected chi connectivity index (χ4v) is 2.87. The van der Waals surface area contributed by atoms with Gasteiger partial charge in [-0.15, -0.1) is 0 Å². The smallest absolute Gasteiger partial charge is 0.0753 e. The Bertz CT molecular complexity index is 218. The maximum atomic E-state index is 5.75. The molecule has 0 radical (unpaired) electrons. The van der Waals surface area contributed by atoms with Crippen molar-refractivity contribution >= 4 is 0 Å². The lowest BCUT2D eigenvalue weighted by atomic mass is 9.77. The van der Waals surface area contributed by atoms with E-state index in [0.717, 1.165) is 31.7 Å². The molecule has 1 N–H and O–H groups in total. The quantitative estimate of drug-likeness (QED) is 0.758. The van der Waals surface area contributed by atoms with E-state index in [1.807, 2.05) is 0 Å². The molecule has 1 aliphatic carbocycles. The third kappa shape index (κ3) is 2.52. The SMILES string of the molecule is CNCC1CCC1N1CCOC(C)(C)C1. The molecule has 0 aromatic heterocycles. The zero-order chi connectivity index (χ0) is 10.9. The fraction of sp³-hybridized carbons (Fsp3) is 1.00. The Morgan fingerprint density at radius 2 is 2.20 bits per heavy atom.